The molecule has 5 nitrogen and oxygen atoms in total. The van der Waals surface area contributed by atoms with Crippen molar-refractivity contribution < 1.29 is 8.42 Å². The Morgan fingerprint density at radius 1 is 1.33 bits per heavy atom. The van der Waals surface area contributed by atoms with Gasteiger partial charge < -0.3 is 10.6 Å². The number of rotatable bonds is 3. The van der Waals surface area contributed by atoms with Gasteiger partial charge in [-0.15, -0.1) is 0 Å². The number of sulfonamides is 1. The Balaban J connectivity index is 2.17. The monoisotopic (exact) mass is 269 g/mol. The molecule has 0 amide bonds. The minimum atomic E-state index is -3.35. The minimum Gasteiger partial charge on any atom is -0.370 e. The average molecular weight is 269 g/mol. The van der Waals surface area contributed by atoms with Crippen molar-refractivity contribution >= 4 is 15.7 Å². The second kappa shape index (κ2) is 5.26. The Bertz CT molecular complexity index is 499. The van der Waals surface area contributed by atoms with Gasteiger partial charge in [-0.3, -0.25) is 0 Å². The fourth-order valence-electron chi connectivity index (χ4n) is 2.20. The smallest absolute Gasteiger partial charge is 0.240 e. The zero-order valence-electron chi connectivity index (χ0n) is 10.5. The van der Waals surface area contributed by atoms with Crippen molar-refractivity contribution in [3.8, 4) is 0 Å². The Morgan fingerprint density at radius 3 is 2.56 bits per heavy atom. The summed E-state index contributed by atoms with van der Waals surface area (Å²) in [5, 5.41) is 0. The van der Waals surface area contributed by atoms with Crippen LogP contribution < -0.4 is 15.4 Å². The summed E-state index contributed by atoms with van der Waals surface area (Å²) < 4.78 is 25.5. The third kappa shape index (κ3) is 2.82. The van der Waals surface area contributed by atoms with E-state index >= 15 is 0 Å². The Hall–Kier alpha value is -1.11. The zero-order chi connectivity index (χ0) is 13.2. The van der Waals surface area contributed by atoms with Crippen molar-refractivity contribution in [1.29, 1.82) is 0 Å². The van der Waals surface area contributed by atoms with Crippen molar-refractivity contribution in [2.75, 3.05) is 25.0 Å². The van der Waals surface area contributed by atoms with Crippen molar-refractivity contribution in [3.05, 3.63) is 24.3 Å². The average Bonchev–Trinajstić information content (AvgIpc) is 2.39. The summed E-state index contributed by atoms with van der Waals surface area (Å²) in [6.07, 6.45) is 2.14. The first-order chi connectivity index (χ1) is 8.53. The first kappa shape index (κ1) is 13.3. The first-order valence-electron chi connectivity index (χ1n) is 6.07. The summed E-state index contributed by atoms with van der Waals surface area (Å²) in [6, 6.07) is 7.13. The van der Waals surface area contributed by atoms with Crippen LogP contribution in [-0.2, 0) is 10.0 Å². The molecule has 1 aliphatic heterocycles. The van der Waals surface area contributed by atoms with Crippen LogP contribution >= 0.6 is 0 Å². The van der Waals surface area contributed by atoms with Gasteiger partial charge in [0.1, 0.15) is 0 Å². The molecule has 1 aromatic carbocycles. The number of piperidine rings is 1. The van der Waals surface area contributed by atoms with Gasteiger partial charge in [0.05, 0.1) is 4.90 Å². The van der Waals surface area contributed by atoms with E-state index in [9.17, 15) is 8.42 Å². The molecule has 1 aliphatic rings. The fraction of sp³-hybridized carbons (Fsp3) is 0.500. The van der Waals surface area contributed by atoms with E-state index in [0.29, 0.717) is 0 Å². The molecule has 0 radical (unpaired) electrons. The summed E-state index contributed by atoms with van der Waals surface area (Å²) in [6.45, 7) is 1.81. The third-order valence-electron chi connectivity index (χ3n) is 3.24. The third-order valence-corrected chi connectivity index (χ3v) is 4.67. The molecule has 1 heterocycles. The Morgan fingerprint density at radius 2 is 2.00 bits per heavy atom. The van der Waals surface area contributed by atoms with E-state index in [4.69, 9.17) is 5.73 Å². The van der Waals surface area contributed by atoms with Crippen LogP contribution in [0, 0.1) is 0 Å². The normalized spacial score (nSPS) is 21.0. The van der Waals surface area contributed by atoms with Crippen LogP contribution in [0.1, 0.15) is 12.8 Å². The quantitative estimate of drug-likeness (QED) is 0.839. The fourth-order valence-corrected chi connectivity index (χ4v) is 2.93. The van der Waals surface area contributed by atoms with Crippen LogP contribution in [-0.4, -0.2) is 34.6 Å². The molecule has 1 fully saturated rings. The van der Waals surface area contributed by atoms with Gasteiger partial charge in [-0.2, -0.15) is 0 Å². The summed E-state index contributed by atoms with van der Waals surface area (Å²) in [5.41, 5.74) is 6.96. The van der Waals surface area contributed by atoms with Crippen LogP contribution in [0.25, 0.3) is 0 Å². The molecule has 0 saturated carbocycles. The summed E-state index contributed by atoms with van der Waals surface area (Å²) in [5.74, 6) is 0. The maximum absolute atomic E-state index is 11.6. The van der Waals surface area contributed by atoms with E-state index in [1.807, 2.05) is 12.1 Å². The molecule has 0 aliphatic carbocycles. The SMILES string of the molecule is CNS(=O)(=O)c1ccc(N2CCCC(N)C2)cc1. The predicted octanol–water partition coefficient (Wildman–Crippen LogP) is 0.522. The first-order valence-corrected chi connectivity index (χ1v) is 7.55. The molecule has 1 saturated heterocycles. The molecule has 0 bridgehead atoms. The highest BCUT2D eigenvalue weighted by atomic mass is 32.2. The highest BCUT2D eigenvalue weighted by molar-refractivity contribution is 7.89. The molecule has 1 atom stereocenters. The standard InChI is InChI=1S/C12H19N3O2S/c1-14-18(16,17)12-6-4-11(5-7-12)15-8-2-3-10(13)9-15/h4-7,10,14H,2-3,8-9,13H2,1H3. The van der Waals surface area contributed by atoms with E-state index in [2.05, 4.69) is 9.62 Å². The van der Waals surface area contributed by atoms with Gasteiger partial charge in [0.2, 0.25) is 10.0 Å². The molecule has 1 unspecified atom stereocenters. The zero-order valence-corrected chi connectivity index (χ0v) is 11.3. The number of anilines is 1. The molecule has 18 heavy (non-hydrogen) atoms. The van der Waals surface area contributed by atoms with E-state index in [-0.39, 0.29) is 10.9 Å². The van der Waals surface area contributed by atoms with E-state index < -0.39 is 10.0 Å². The van der Waals surface area contributed by atoms with E-state index in [1.54, 1.807) is 12.1 Å². The van der Waals surface area contributed by atoms with Gasteiger partial charge in [0, 0.05) is 24.8 Å². The van der Waals surface area contributed by atoms with Crippen LogP contribution in [0.5, 0.6) is 0 Å². The minimum absolute atomic E-state index is 0.208. The van der Waals surface area contributed by atoms with Crippen LogP contribution in [0.2, 0.25) is 0 Å². The largest absolute Gasteiger partial charge is 0.370 e. The maximum Gasteiger partial charge on any atom is 0.240 e. The summed E-state index contributed by atoms with van der Waals surface area (Å²) in [4.78, 5) is 2.49. The van der Waals surface area contributed by atoms with E-state index in [0.717, 1.165) is 31.6 Å². The van der Waals surface area contributed by atoms with Gasteiger partial charge >= 0.3 is 0 Å². The van der Waals surface area contributed by atoms with Crippen molar-refractivity contribution in [2.45, 2.75) is 23.8 Å². The molecule has 100 valence electrons. The summed E-state index contributed by atoms with van der Waals surface area (Å²) in [7, 11) is -1.94. The lowest BCUT2D eigenvalue weighted by molar-refractivity contribution is 0.506. The molecule has 0 spiro atoms. The van der Waals surface area contributed by atoms with Crippen molar-refractivity contribution in [1.82, 2.24) is 4.72 Å². The number of nitrogens with one attached hydrogen (secondary N) is 1. The van der Waals surface area contributed by atoms with Crippen LogP contribution in [0.3, 0.4) is 0 Å². The highest BCUT2D eigenvalue weighted by Gasteiger charge is 2.17. The molecule has 0 aromatic heterocycles. The van der Waals surface area contributed by atoms with Gasteiger partial charge in [0.15, 0.2) is 0 Å². The highest BCUT2D eigenvalue weighted by Crippen LogP contribution is 2.21. The number of hydrogen-bond acceptors (Lipinski definition) is 4. The molecule has 2 rings (SSSR count). The second-order valence-corrected chi connectivity index (χ2v) is 6.44. The Labute approximate surface area is 108 Å². The molecule has 6 heteroatoms. The Kier molecular flexibility index (Phi) is 3.89. The topological polar surface area (TPSA) is 75.4 Å². The molecule has 3 N–H and O–H groups in total. The van der Waals surface area contributed by atoms with Crippen LogP contribution in [0.15, 0.2) is 29.2 Å². The predicted molar refractivity (Wildman–Crippen MR) is 72.1 cm³/mol. The lowest BCUT2D eigenvalue weighted by Crippen LogP contribution is -2.42. The van der Waals surface area contributed by atoms with Crippen molar-refractivity contribution in [2.24, 2.45) is 5.73 Å². The van der Waals surface area contributed by atoms with Crippen molar-refractivity contribution in [3.63, 3.8) is 0 Å². The van der Waals surface area contributed by atoms with Crippen LogP contribution in [0.4, 0.5) is 5.69 Å². The number of nitrogens with zero attached hydrogens (tertiary/aromatic N) is 1. The summed E-state index contributed by atoms with van der Waals surface area (Å²) >= 11 is 0. The van der Waals surface area contributed by atoms with Gasteiger partial charge in [-0.25, -0.2) is 13.1 Å². The van der Waals surface area contributed by atoms with E-state index in [1.165, 1.54) is 7.05 Å². The van der Waals surface area contributed by atoms with Gasteiger partial charge in [0.25, 0.3) is 0 Å². The lowest BCUT2D eigenvalue weighted by Gasteiger charge is -2.32. The number of benzene rings is 1. The molecule has 1 aromatic rings. The number of hydrogen-bond donors (Lipinski definition) is 2. The molecular weight excluding hydrogens is 250 g/mol. The number of nitrogens with two attached hydrogens (primary N) is 1. The van der Waals surface area contributed by atoms with Gasteiger partial charge in [-0.1, -0.05) is 0 Å². The van der Waals surface area contributed by atoms with Gasteiger partial charge in [-0.05, 0) is 44.2 Å². The maximum atomic E-state index is 11.6. The molecular formula is C12H19N3O2S. The lowest BCUT2D eigenvalue weighted by atomic mass is 10.1. The second-order valence-electron chi connectivity index (χ2n) is 4.55.